The maximum atomic E-state index is 13.4. The second kappa shape index (κ2) is 3.92. The lowest BCUT2D eigenvalue weighted by Crippen LogP contribution is -2.27. The Morgan fingerprint density at radius 3 is 2.89 bits per heavy atom. The molecular weight excluding hydrogens is 231 g/mol. The van der Waals surface area contributed by atoms with Gasteiger partial charge < -0.3 is 9.67 Å². The van der Waals surface area contributed by atoms with Gasteiger partial charge in [-0.3, -0.25) is 0 Å². The second-order valence-corrected chi connectivity index (χ2v) is 5.10. The highest BCUT2D eigenvalue weighted by molar-refractivity contribution is 5.69. The van der Waals surface area contributed by atoms with E-state index >= 15 is 0 Å². The minimum absolute atomic E-state index is 0.126. The molecule has 0 amide bonds. The Hall–Kier alpha value is -1.68. The molecule has 1 aliphatic rings. The first-order chi connectivity index (χ1) is 8.59. The van der Waals surface area contributed by atoms with E-state index in [1.807, 2.05) is 18.4 Å². The second-order valence-electron chi connectivity index (χ2n) is 5.10. The molecule has 1 N–H and O–H groups in total. The van der Waals surface area contributed by atoms with Crippen LogP contribution in [0.25, 0.3) is 11.3 Å². The number of aliphatic hydroxyl groups excluding tert-OH is 1. The fraction of sp³-hybridized carbons (Fsp3) is 0.357. The number of halogens is 1. The van der Waals surface area contributed by atoms with Gasteiger partial charge in [-0.15, -0.1) is 0 Å². The fourth-order valence-corrected chi connectivity index (χ4v) is 2.61. The van der Waals surface area contributed by atoms with Crippen molar-refractivity contribution >= 4 is 0 Å². The molecule has 1 aromatic carbocycles. The lowest BCUT2D eigenvalue weighted by Gasteiger charge is -2.24. The molecule has 1 aliphatic heterocycles. The van der Waals surface area contributed by atoms with Gasteiger partial charge >= 0.3 is 0 Å². The Kier molecular flexibility index (Phi) is 2.48. The van der Waals surface area contributed by atoms with Crippen LogP contribution in [0.1, 0.15) is 25.5 Å². The number of hydrogen-bond acceptors (Lipinski definition) is 2. The molecule has 0 aliphatic carbocycles. The predicted octanol–water partition coefficient (Wildman–Crippen LogP) is 2.61. The van der Waals surface area contributed by atoms with Crippen molar-refractivity contribution in [1.29, 1.82) is 0 Å². The Morgan fingerprint density at radius 2 is 2.17 bits per heavy atom. The van der Waals surface area contributed by atoms with Crippen LogP contribution in [-0.2, 0) is 0 Å². The third-order valence-electron chi connectivity index (χ3n) is 3.58. The molecule has 3 rings (SSSR count). The molecule has 4 heteroatoms. The van der Waals surface area contributed by atoms with Gasteiger partial charge in [0.05, 0.1) is 30.4 Å². The number of benzene rings is 1. The predicted molar refractivity (Wildman–Crippen MR) is 66.6 cm³/mol. The van der Waals surface area contributed by atoms with Gasteiger partial charge in [0, 0.05) is 5.56 Å². The van der Waals surface area contributed by atoms with Crippen LogP contribution in [0.15, 0.2) is 30.7 Å². The monoisotopic (exact) mass is 246 g/mol. The van der Waals surface area contributed by atoms with Gasteiger partial charge in [0.15, 0.2) is 0 Å². The van der Waals surface area contributed by atoms with Crippen LogP contribution in [0.4, 0.5) is 4.39 Å². The molecule has 2 atom stereocenters. The fourth-order valence-electron chi connectivity index (χ4n) is 2.61. The minimum Gasteiger partial charge on any atom is -0.390 e. The van der Waals surface area contributed by atoms with Crippen molar-refractivity contribution in [2.24, 2.45) is 5.92 Å². The van der Waals surface area contributed by atoms with Gasteiger partial charge in [0.2, 0.25) is 0 Å². The number of imidazole rings is 1. The van der Waals surface area contributed by atoms with Crippen LogP contribution in [0.5, 0.6) is 0 Å². The van der Waals surface area contributed by atoms with Crippen LogP contribution in [0.2, 0.25) is 0 Å². The summed E-state index contributed by atoms with van der Waals surface area (Å²) in [7, 11) is 0. The first-order valence-corrected chi connectivity index (χ1v) is 6.09. The van der Waals surface area contributed by atoms with E-state index in [9.17, 15) is 9.50 Å². The molecule has 0 saturated heterocycles. The zero-order valence-corrected chi connectivity index (χ0v) is 10.3. The number of aromatic nitrogens is 2. The molecule has 3 nitrogen and oxygen atoms in total. The molecular formula is C14H15FN2O. The Labute approximate surface area is 105 Å². The topological polar surface area (TPSA) is 38.1 Å². The van der Waals surface area contributed by atoms with Gasteiger partial charge in [0.1, 0.15) is 5.82 Å². The highest BCUT2D eigenvalue weighted by atomic mass is 19.1. The molecule has 2 aromatic rings. The SMILES string of the molecule is CC(C)C(O)[C@@H]1c2ccc(F)cc2-c2cncn21. The summed E-state index contributed by atoms with van der Waals surface area (Å²) in [5.74, 6) is -0.137. The van der Waals surface area contributed by atoms with Crippen LogP contribution in [-0.4, -0.2) is 20.8 Å². The lowest BCUT2D eigenvalue weighted by atomic mass is 9.93. The van der Waals surface area contributed by atoms with Crippen molar-refractivity contribution in [3.8, 4) is 11.3 Å². The standard InChI is InChI=1S/C14H15FN2O/c1-8(2)14(18)13-10-4-3-9(15)5-11(10)12-6-16-7-17(12)13/h3-8,13-14,18H,1-2H3/t13-,14?/m0/s1. The quantitative estimate of drug-likeness (QED) is 0.884. The molecule has 2 heterocycles. The van der Waals surface area contributed by atoms with E-state index in [0.29, 0.717) is 0 Å². The summed E-state index contributed by atoms with van der Waals surface area (Å²) in [4.78, 5) is 4.09. The van der Waals surface area contributed by atoms with E-state index in [-0.39, 0.29) is 17.8 Å². The third kappa shape index (κ3) is 1.49. The number of rotatable bonds is 2. The Morgan fingerprint density at radius 1 is 1.39 bits per heavy atom. The van der Waals surface area contributed by atoms with E-state index in [1.54, 1.807) is 18.6 Å². The third-order valence-corrected chi connectivity index (χ3v) is 3.58. The maximum absolute atomic E-state index is 13.4. The number of fused-ring (bicyclic) bond motifs is 3. The molecule has 1 aromatic heterocycles. The van der Waals surface area contributed by atoms with E-state index in [0.717, 1.165) is 16.8 Å². The summed E-state index contributed by atoms with van der Waals surface area (Å²) in [5.41, 5.74) is 2.67. The van der Waals surface area contributed by atoms with Gasteiger partial charge in [-0.1, -0.05) is 19.9 Å². The van der Waals surface area contributed by atoms with Crippen LogP contribution in [0, 0.1) is 11.7 Å². The largest absolute Gasteiger partial charge is 0.390 e. The van der Waals surface area contributed by atoms with E-state index in [1.165, 1.54) is 12.1 Å². The summed E-state index contributed by atoms with van der Waals surface area (Å²) in [6.45, 7) is 3.95. The first kappa shape index (κ1) is 11.4. The van der Waals surface area contributed by atoms with Crippen molar-refractivity contribution in [2.45, 2.75) is 26.0 Å². The average Bonchev–Trinajstić information content (AvgIpc) is 2.88. The minimum atomic E-state index is -0.510. The smallest absolute Gasteiger partial charge is 0.123 e. The zero-order valence-electron chi connectivity index (χ0n) is 10.3. The van der Waals surface area contributed by atoms with Crippen molar-refractivity contribution in [3.05, 3.63) is 42.1 Å². The normalized spacial score (nSPS) is 18.8. The maximum Gasteiger partial charge on any atom is 0.123 e. The van der Waals surface area contributed by atoms with Crippen molar-refractivity contribution in [2.75, 3.05) is 0 Å². The van der Waals surface area contributed by atoms with E-state index < -0.39 is 6.10 Å². The molecule has 18 heavy (non-hydrogen) atoms. The van der Waals surface area contributed by atoms with Crippen LogP contribution in [0.3, 0.4) is 0 Å². The lowest BCUT2D eigenvalue weighted by molar-refractivity contribution is 0.0879. The summed E-state index contributed by atoms with van der Waals surface area (Å²) >= 11 is 0. The van der Waals surface area contributed by atoms with Crippen molar-refractivity contribution in [3.63, 3.8) is 0 Å². The molecule has 0 spiro atoms. The summed E-state index contributed by atoms with van der Waals surface area (Å²) in [6.07, 6.45) is 2.90. The molecule has 1 unspecified atom stereocenters. The average molecular weight is 246 g/mol. The first-order valence-electron chi connectivity index (χ1n) is 6.09. The zero-order chi connectivity index (χ0) is 12.9. The number of hydrogen-bond donors (Lipinski definition) is 1. The Balaban J connectivity index is 2.19. The van der Waals surface area contributed by atoms with Crippen molar-refractivity contribution in [1.82, 2.24) is 9.55 Å². The molecule has 0 bridgehead atoms. The highest BCUT2D eigenvalue weighted by Crippen LogP contribution is 2.42. The number of aliphatic hydroxyl groups is 1. The van der Waals surface area contributed by atoms with Gasteiger partial charge in [-0.2, -0.15) is 0 Å². The van der Waals surface area contributed by atoms with E-state index in [4.69, 9.17) is 0 Å². The van der Waals surface area contributed by atoms with Crippen LogP contribution < -0.4 is 0 Å². The summed E-state index contributed by atoms with van der Waals surface area (Å²) < 4.78 is 15.3. The van der Waals surface area contributed by atoms with Gasteiger partial charge in [-0.25, -0.2) is 9.37 Å². The summed E-state index contributed by atoms with van der Waals surface area (Å²) in [5, 5.41) is 10.4. The van der Waals surface area contributed by atoms with E-state index in [2.05, 4.69) is 4.98 Å². The van der Waals surface area contributed by atoms with Crippen LogP contribution >= 0.6 is 0 Å². The van der Waals surface area contributed by atoms with Gasteiger partial charge in [0.25, 0.3) is 0 Å². The molecule has 94 valence electrons. The number of nitrogens with zero attached hydrogens (tertiary/aromatic N) is 2. The summed E-state index contributed by atoms with van der Waals surface area (Å²) in [6, 6.07) is 4.54. The van der Waals surface area contributed by atoms with Gasteiger partial charge in [-0.05, 0) is 23.6 Å². The molecule has 0 saturated carbocycles. The molecule has 0 fully saturated rings. The highest BCUT2D eigenvalue weighted by Gasteiger charge is 2.34. The van der Waals surface area contributed by atoms with Crippen molar-refractivity contribution < 1.29 is 9.50 Å². The molecule has 0 radical (unpaired) electrons. The Bertz CT molecular complexity index is 591.